The summed E-state index contributed by atoms with van der Waals surface area (Å²) in [6, 6.07) is 42.5. The van der Waals surface area contributed by atoms with Crippen LogP contribution in [0.1, 0.15) is 11.1 Å². The van der Waals surface area contributed by atoms with Gasteiger partial charge in [-0.1, -0.05) is 36.4 Å². The summed E-state index contributed by atoms with van der Waals surface area (Å²) in [5, 5.41) is 20.8. The Hall–Kier alpha value is -6.96. The summed E-state index contributed by atoms with van der Waals surface area (Å²) >= 11 is 0. The van der Waals surface area contributed by atoms with E-state index in [9.17, 15) is 10.5 Å². The fraction of sp³-hybridized carbons (Fsp3) is 0. The van der Waals surface area contributed by atoms with Crippen LogP contribution in [-0.2, 0) is 0 Å². The van der Waals surface area contributed by atoms with Crippen LogP contribution in [-0.4, -0.2) is 24.5 Å². The van der Waals surface area contributed by atoms with Gasteiger partial charge >= 0.3 is 0 Å². The van der Waals surface area contributed by atoms with Gasteiger partial charge < -0.3 is 4.57 Å². The number of fused-ring (bicyclic) bond motifs is 3. The number of rotatable bonds is 5. The predicted molar refractivity (Wildman–Crippen MR) is 183 cm³/mol. The number of hydrogen-bond donors (Lipinski definition) is 0. The molecule has 5 aromatic heterocycles. The van der Waals surface area contributed by atoms with Crippen LogP contribution in [0.4, 0.5) is 0 Å². The third kappa shape index (κ3) is 5.04. The van der Waals surface area contributed by atoms with Crippen molar-refractivity contribution >= 4 is 21.8 Å². The molecule has 0 aliphatic heterocycles. The molecule has 3 aromatic carbocycles. The molecule has 5 heterocycles. The molecule has 0 fully saturated rings. The molecular weight excluding hydrogens is 578 g/mol. The SMILES string of the molecule is N#Cc1ccnc(-c2ccc(-c3ccc4c(c3)c3cc(-c5ccc(-c6cc(C#N)ccn6)nc5)ccc3n4-c3ccccc3)nc2)c1. The summed E-state index contributed by atoms with van der Waals surface area (Å²) < 4.78 is 2.29. The minimum Gasteiger partial charge on any atom is -0.309 e. The Morgan fingerprint density at radius 1 is 0.447 bits per heavy atom. The van der Waals surface area contributed by atoms with E-state index in [1.165, 1.54) is 0 Å². The van der Waals surface area contributed by atoms with E-state index in [1.54, 1.807) is 42.9 Å². The van der Waals surface area contributed by atoms with Gasteiger partial charge in [-0.3, -0.25) is 19.9 Å². The molecule has 7 nitrogen and oxygen atoms in total. The number of para-hydroxylation sites is 1. The first-order valence-electron chi connectivity index (χ1n) is 15.0. The molecule has 0 bridgehead atoms. The van der Waals surface area contributed by atoms with Gasteiger partial charge in [-0.2, -0.15) is 10.5 Å². The molecule has 0 spiro atoms. The molecule has 218 valence electrons. The van der Waals surface area contributed by atoms with E-state index in [0.717, 1.165) is 55.4 Å². The lowest BCUT2D eigenvalue weighted by atomic mass is 10.0. The van der Waals surface area contributed by atoms with Gasteiger partial charge in [-0.25, -0.2) is 0 Å². The van der Waals surface area contributed by atoms with E-state index in [-0.39, 0.29) is 0 Å². The monoisotopic (exact) mass is 601 g/mol. The number of hydrogen-bond acceptors (Lipinski definition) is 6. The van der Waals surface area contributed by atoms with Gasteiger partial charge in [0.05, 0.1) is 57.1 Å². The standard InChI is InChI=1S/C40H23N7/c41-22-26-14-16-43-37(18-26)31-7-10-35(45-25-31)29-9-13-40-34(21-29)33-20-28(8-12-39(33)47(40)32-4-2-1-3-5-32)30-6-11-36(46-24-30)38-19-27(23-42)15-17-44-38/h1-21,24-25H. The van der Waals surface area contributed by atoms with Crippen LogP contribution in [0.3, 0.4) is 0 Å². The topological polar surface area (TPSA) is 104 Å². The maximum atomic E-state index is 9.28. The number of benzene rings is 3. The zero-order valence-corrected chi connectivity index (χ0v) is 24.9. The van der Waals surface area contributed by atoms with Gasteiger partial charge in [0, 0.05) is 57.9 Å². The molecule has 0 atom stereocenters. The molecule has 0 radical (unpaired) electrons. The van der Waals surface area contributed by atoms with Crippen molar-refractivity contribution in [2.45, 2.75) is 0 Å². The number of nitrogens with zero attached hydrogens (tertiary/aromatic N) is 7. The van der Waals surface area contributed by atoms with Crippen LogP contribution in [0.5, 0.6) is 0 Å². The average molecular weight is 602 g/mol. The summed E-state index contributed by atoms with van der Waals surface area (Å²) in [5.41, 5.74) is 11.2. The lowest BCUT2D eigenvalue weighted by molar-refractivity contribution is 1.18. The van der Waals surface area contributed by atoms with Crippen molar-refractivity contribution in [2.75, 3.05) is 0 Å². The highest BCUT2D eigenvalue weighted by molar-refractivity contribution is 6.11. The molecule has 0 aliphatic rings. The van der Waals surface area contributed by atoms with Gasteiger partial charge in [-0.05, 0) is 84.4 Å². The predicted octanol–water partition coefficient (Wildman–Crippen LogP) is 8.78. The Kier molecular flexibility index (Phi) is 6.76. The first kappa shape index (κ1) is 27.6. The smallest absolute Gasteiger partial charge is 0.0992 e. The summed E-state index contributed by atoms with van der Waals surface area (Å²) in [4.78, 5) is 18.3. The molecule has 0 amide bonds. The Morgan fingerprint density at radius 3 is 1.68 bits per heavy atom. The molecule has 0 saturated carbocycles. The van der Waals surface area contributed by atoms with E-state index < -0.39 is 0 Å². The van der Waals surface area contributed by atoms with Crippen molar-refractivity contribution in [3.63, 3.8) is 0 Å². The molecule has 0 unspecified atom stereocenters. The third-order valence-corrected chi connectivity index (χ3v) is 8.27. The molecule has 0 saturated heterocycles. The average Bonchev–Trinajstić information content (AvgIpc) is 3.48. The van der Waals surface area contributed by atoms with E-state index >= 15 is 0 Å². The van der Waals surface area contributed by atoms with Crippen molar-refractivity contribution < 1.29 is 0 Å². The second kappa shape index (κ2) is 11.5. The van der Waals surface area contributed by atoms with Gasteiger partial charge in [-0.15, -0.1) is 0 Å². The Balaban J connectivity index is 1.22. The Bertz CT molecular complexity index is 2360. The summed E-state index contributed by atoms with van der Waals surface area (Å²) in [7, 11) is 0. The molecule has 8 aromatic rings. The zero-order valence-electron chi connectivity index (χ0n) is 24.9. The molecule has 7 heteroatoms. The normalized spacial score (nSPS) is 10.9. The Labute approximate surface area is 270 Å². The highest BCUT2D eigenvalue weighted by Gasteiger charge is 2.15. The van der Waals surface area contributed by atoms with Crippen LogP contribution in [0, 0.1) is 22.7 Å². The van der Waals surface area contributed by atoms with Crippen molar-refractivity contribution in [1.82, 2.24) is 24.5 Å². The Morgan fingerprint density at radius 2 is 1.02 bits per heavy atom. The van der Waals surface area contributed by atoms with Crippen molar-refractivity contribution in [3.05, 3.63) is 151 Å². The van der Waals surface area contributed by atoms with E-state index in [1.807, 2.05) is 36.5 Å². The fourth-order valence-corrected chi connectivity index (χ4v) is 5.95. The van der Waals surface area contributed by atoms with Gasteiger partial charge in [0.1, 0.15) is 0 Å². The number of aromatic nitrogens is 5. The molecule has 8 rings (SSSR count). The first-order valence-corrected chi connectivity index (χ1v) is 15.0. The first-order chi connectivity index (χ1) is 23.2. The van der Waals surface area contributed by atoms with Crippen LogP contribution in [0.25, 0.3) is 72.5 Å². The van der Waals surface area contributed by atoms with Gasteiger partial charge in [0.25, 0.3) is 0 Å². The van der Waals surface area contributed by atoms with Crippen LogP contribution < -0.4 is 0 Å². The van der Waals surface area contributed by atoms with E-state index in [2.05, 4.69) is 92.3 Å². The minimum absolute atomic E-state index is 0.550. The quantitative estimate of drug-likeness (QED) is 0.195. The van der Waals surface area contributed by atoms with Crippen LogP contribution in [0.15, 0.2) is 140 Å². The van der Waals surface area contributed by atoms with E-state index in [0.29, 0.717) is 28.2 Å². The van der Waals surface area contributed by atoms with Crippen molar-refractivity contribution in [3.8, 4) is 62.9 Å². The zero-order chi connectivity index (χ0) is 31.7. The van der Waals surface area contributed by atoms with Crippen LogP contribution >= 0.6 is 0 Å². The summed E-state index contributed by atoms with van der Waals surface area (Å²) in [6.07, 6.45) is 6.93. The van der Waals surface area contributed by atoms with Gasteiger partial charge in [0.15, 0.2) is 0 Å². The highest BCUT2D eigenvalue weighted by Crippen LogP contribution is 2.37. The largest absolute Gasteiger partial charge is 0.309 e. The summed E-state index contributed by atoms with van der Waals surface area (Å²) in [5.74, 6) is 0. The minimum atomic E-state index is 0.550. The maximum Gasteiger partial charge on any atom is 0.0992 e. The fourth-order valence-electron chi connectivity index (χ4n) is 5.95. The second-order valence-corrected chi connectivity index (χ2v) is 11.1. The van der Waals surface area contributed by atoms with Crippen LogP contribution in [0.2, 0.25) is 0 Å². The van der Waals surface area contributed by atoms with E-state index in [4.69, 9.17) is 4.98 Å². The third-order valence-electron chi connectivity index (χ3n) is 8.27. The summed E-state index contributed by atoms with van der Waals surface area (Å²) in [6.45, 7) is 0. The molecule has 0 N–H and O–H groups in total. The highest BCUT2D eigenvalue weighted by atomic mass is 15.0. The lowest BCUT2D eigenvalue weighted by Crippen LogP contribution is -1.93. The number of nitriles is 2. The van der Waals surface area contributed by atoms with Crippen molar-refractivity contribution in [1.29, 1.82) is 10.5 Å². The van der Waals surface area contributed by atoms with Gasteiger partial charge in [0.2, 0.25) is 0 Å². The van der Waals surface area contributed by atoms with Crippen molar-refractivity contribution in [2.24, 2.45) is 0 Å². The maximum absolute atomic E-state index is 9.28. The lowest BCUT2D eigenvalue weighted by Gasteiger charge is -2.09. The second-order valence-electron chi connectivity index (χ2n) is 11.1. The number of pyridine rings is 4. The molecule has 47 heavy (non-hydrogen) atoms. The molecular formula is C40H23N7. The molecule has 0 aliphatic carbocycles.